The van der Waals surface area contributed by atoms with Crippen LogP contribution >= 0.6 is 7.92 Å². The van der Waals surface area contributed by atoms with E-state index in [4.69, 9.17) is 0 Å². The SMILES string of the molecule is Cc1cc(P(c2ccc(-c3ccccc3)c(C)c2)c2ccc(-c3ccccc3)c(C)c2)ccc1-c1ccccc1. The van der Waals surface area contributed by atoms with Crippen molar-refractivity contribution < 1.29 is 0 Å². The Labute approximate surface area is 239 Å². The van der Waals surface area contributed by atoms with Crippen LogP contribution in [0.25, 0.3) is 33.4 Å². The van der Waals surface area contributed by atoms with Crippen LogP contribution in [0.2, 0.25) is 0 Å². The van der Waals surface area contributed by atoms with Crippen LogP contribution < -0.4 is 15.9 Å². The van der Waals surface area contributed by atoms with Crippen molar-refractivity contribution in [1.29, 1.82) is 0 Å². The Morgan fingerprint density at radius 3 is 0.850 bits per heavy atom. The molecular formula is C39H33P. The molecule has 6 aromatic rings. The second-order valence-corrected chi connectivity index (χ2v) is 12.7. The number of rotatable bonds is 6. The van der Waals surface area contributed by atoms with Crippen LogP contribution in [0.4, 0.5) is 0 Å². The molecule has 0 heterocycles. The molecule has 0 amide bonds. The van der Waals surface area contributed by atoms with Crippen LogP contribution in [0.5, 0.6) is 0 Å². The number of benzene rings is 6. The first kappa shape index (κ1) is 26.0. The molecule has 0 atom stereocenters. The molecule has 6 rings (SSSR count). The molecule has 0 aliphatic rings. The topological polar surface area (TPSA) is 0 Å². The minimum Gasteiger partial charge on any atom is -0.0622 e. The van der Waals surface area contributed by atoms with E-state index in [1.807, 2.05) is 0 Å². The lowest BCUT2D eigenvalue weighted by Crippen LogP contribution is -2.22. The molecule has 0 spiro atoms. The van der Waals surface area contributed by atoms with Crippen molar-refractivity contribution in [3.8, 4) is 33.4 Å². The average molecular weight is 533 g/mol. The lowest BCUT2D eigenvalue weighted by Gasteiger charge is -2.23. The summed E-state index contributed by atoms with van der Waals surface area (Å²) >= 11 is 0. The van der Waals surface area contributed by atoms with Crippen LogP contribution in [0.15, 0.2) is 146 Å². The summed E-state index contributed by atoms with van der Waals surface area (Å²) in [5.41, 5.74) is 11.6. The molecule has 40 heavy (non-hydrogen) atoms. The van der Waals surface area contributed by atoms with Crippen molar-refractivity contribution in [3.63, 3.8) is 0 Å². The van der Waals surface area contributed by atoms with Gasteiger partial charge in [-0.3, -0.25) is 0 Å². The molecular weight excluding hydrogens is 499 g/mol. The van der Waals surface area contributed by atoms with E-state index in [9.17, 15) is 0 Å². The highest BCUT2D eigenvalue weighted by Crippen LogP contribution is 2.37. The third kappa shape index (κ3) is 5.29. The first-order valence-corrected chi connectivity index (χ1v) is 15.2. The summed E-state index contributed by atoms with van der Waals surface area (Å²) < 4.78 is 0. The van der Waals surface area contributed by atoms with Gasteiger partial charge in [-0.25, -0.2) is 0 Å². The lowest BCUT2D eigenvalue weighted by molar-refractivity contribution is 1.46. The van der Waals surface area contributed by atoms with E-state index in [1.165, 1.54) is 66.0 Å². The highest BCUT2D eigenvalue weighted by Gasteiger charge is 2.20. The van der Waals surface area contributed by atoms with Gasteiger partial charge in [-0.05, 0) is 94.7 Å². The fraction of sp³-hybridized carbons (Fsp3) is 0.0769. The molecule has 0 unspecified atom stereocenters. The largest absolute Gasteiger partial charge is 0.0622 e. The van der Waals surface area contributed by atoms with Crippen LogP contribution in [0.1, 0.15) is 16.7 Å². The van der Waals surface area contributed by atoms with Gasteiger partial charge in [-0.2, -0.15) is 0 Å². The summed E-state index contributed by atoms with van der Waals surface area (Å²) in [4.78, 5) is 0. The zero-order valence-corrected chi connectivity index (χ0v) is 24.2. The van der Waals surface area contributed by atoms with Crippen molar-refractivity contribution in [2.24, 2.45) is 0 Å². The molecule has 0 nitrogen and oxygen atoms in total. The van der Waals surface area contributed by atoms with E-state index in [0.717, 1.165) is 0 Å². The summed E-state index contributed by atoms with van der Waals surface area (Å²) in [6, 6.07) is 53.3. The van der Waals surface area contributed by atoms with E-state index in [-0.39, 0.29) is 0 Å². The minimum absolute atomic E-state index is 0.738. The van der Waals surface area contributed by atoms with Gasteiger partial charge in [0, 0.05) is 0 Å². The average Bonchev–Trinajstić information content (AvgIpc) is 2.99. The Bertz CT molecular complexity index is 1540. The van der Waals surface area contributed by atoms with E-state index >= 15 is 0 Å². The standard InChI is InChI=1S/C39H33P/c1-28-25-34(19-22-37(28)31-13-7-4-8-14-31)40(35-20-23-38(29(2)26-35)32-15-9-5-10-16-32)36-21-24-39(30(3)27-36)33-17-11-6-12-18-33/h4-27H,1-3H3. The molecule has 0 aliphatic heterocycles. The van der Waals surface area contributed by atoms with E-state index in [0.29, 0.717) is 0 Å². The van der Waals surface area contributed by atoms with Gasteiger partial charge in [-0.15, -0.1) is 0 Å². The summed E-state index contributed by atoms with van der Waals surface area (Å²) in [5, 5.41) is 4.14. The summed E-state index contributed by atoms with van der Waals surface area (Å²) in [6.07, 6.45) is 0. The second kappa shape index (κ2) is 11.5. The van der Waals surface area contributed by atoms with Gasteiger partial charge in [-0.1, -0.05) is 146 Å². The van der Waals surface area contributed by atoms with Crippen molar-refractivity contribution in [1.82, 2.24) is 0 Å². The maximum absolute atomic E-state index is 2.41. The number of hydrogen-bond acceptors (Lipinski definition) is 0. The highest BCUT2D eigenvalue weighted by molar-refractivity contribution is 7.79. The Hall–Kier alpha value is -4.25. The fourth-order valence-electron chi connectivity index (χ4n) is 5.63. The van der Waals surface area contributed by atoms with Crippen LogP contribution in [-0.2, 0) is 0 Å². The van der Waals surface area contributed by atoms with Crippen LogP contribution in [0, 0.1) is 20.8 Å². The van der Waals surface area contributed by atoms with Gasteiger partial charge in [0.1, 0.15) is 0 Å². The number of hydrogen-bond donors (Lipinski definition) is 0. The van der Waals surface area contributed by atoms with Crippen molar-refractivity contribution >= 4 is 23.8 Å². The van der Waals surface area contributed by atoms with Crippen molar-refractivity contribution in [2.45, 2.75) is 20.8 Å². The molecule has 0 bridgehead atoms. The van der Waals surface area contributed by atoms with Crippen LogP contribution in [-0.4, -0.2) is 0 Å². The third-order valence-corrected chi connectivity index (χ3v) is 10.0. The molecule has 0 N–H and O–H groups in total. The Balaban J connectivity index is 1.47. The van der Waals surface area contributed by atoms with E-state index in [2.05, 4.69) is 166 Å². The molecule has 0 saturated carbocycles. The molecule has 194 valence electrons. The second-order valence-electron chi connectivity index (χ2n) is 10.4. The number of aryl methyl sites for hydroxylation is 3. The predicted molar refractivity (Wildman–Crippen MR) is 176 cm³/mol. The molecule has 6 aromatic carbocycles. The van der Waals surface area contributed by atoms with Gasteiger partial charge >= 0.3 is 0 Å². The summed E-state index contributed by atoms with van der Waals surface area (Å²) in [7, 11) is -0.738. The minimum atomic E-state index is -0.738. The van der Waals surface area contributed by atoms with Gasteiger partial charge in [0.25, 0.3) is 0 Å². The zero-order chi connectivity index (χ0) is 27.5. The van der Waals surface area contributed by atoms with E-state index in [1.54, 1.807) is 0 Å². The highest BCUT2D eigenvalue weighted by atomic mass is 31.1. The molecule has 1 heteroatoms. The predicted octanol–water partition coefficient (Wildman–Crippen LogP) is 9.37. The summed E-state index contributed by atoms with van der Waals surface area (Å²) in [6.45, 7) is 6.73. The third-order valence-electron chi connectivity index (χ3n) is 7.66. The first-order chi connectivity index (χ1) is 19.6. The Morgan fingerprint density at radius 2 is 0.600 bits per heavy atom. The maximum atomic E-state index is 2.41. The molecule has 0 aromatic heterocycles. The quantitative estimate of drug-likeness (QED) is 0.188. The molecule has 0 radical (unpaired) electrons. The lowest BCUT2D eigenvalue weighted by atomic mass is 10.0. The van der Waals surface area contributed by atoms with Crippen LogP contribution in [0.3, 0.4) is 0 Å². The molecule has 0 aliphatic carbocycles. The smallest absolute Gasteiger partial charge is 0.0134 e. The molecule has 0 fully saturated rings. The molecule has 0 saturated heterocycles. The monoisotopic (exact) mass is 532 g/mol. The summed E-state index contributed by atoms with van der Waals surface area (Å²) in [5.74, 6) is 0. The Morgan fingerprint density at radius 1 is 0.325 bits per heavy atom. The zero-order valence-electron chi connectivity index (χ0n) is 23.3. The van der Waals surface area contributed by atoms with Gasteiger partial charge < -0.3 is 0 Å². The van der Waals surface area contributed by atoms with Gasteiger partial charge in [0.05, 0.1) is 0 Å². The first-order valence-electron chi connectivity index (χ1n) is 13.9. The van der Waals surface area contributed by atoms with E-state index < -0.39 is 7.92 Å². The van der Waals surface area contributed by atoms with Crippen molar-refractivity contribution in [2.75, 3.05) is 0 Å². The van der Waals surface area contributed by atoms with Crippen molar-refractivity contribution in [3.05, 3.63) is 162 Å². The van der Waals surface area contributed by atoms with Gasteiger partial charge in [0.15, 0.2) is 0 Å². The fourth-order valence-corrected chi connectivity index (χ4v) is 8.17. The van der Waals surface area contributed by atoms with Gasteiger partial charge in [0.2, 0.25) is 0 Å². The Kier molecular flexibility index (Phi) is 7.45. The normalized spacial score (nSPS) is 11.1. The maximum Gasteiger partial charge on any atom is -0.0134 e.